The highest BCUT2D eigenvalue weighted by Crippen LogP contribution is 2.26. The first-order valence-corrected chi connectivity index (χ1v) is 7.98. The average Bonchev–Trinajstić information content (AvgIpc) is 2.53. The van der Waals surface area contributed by atoms with Gasteiger partial charge in [-0.2, -0.15) is 4.99 Å². The van der Waals surface area contributed by atoms with Crippen molar-refractivity contribution in [1.82, 2.24) is 0 Å². The van der Waals surface area contributed by atoms with E-state index in [4.69, 9.17) is 5.73 Å². The minimum absolute atomic E-state index is 0.102. The van der Waals surface area contributed by atoms with Crippen molar-refractivity contribution in [1.29, 1.82) is 0 Å². The molecule has 0 radical (unpaired) electrons. The molecule has 4 nitrogen and oxygen atoms in total. The van der Waals surface area contributed by atoms with Crippen LogP contribution in [0.25, 0.3) is 0 Å². The smallest absolute Gasteiger partial charge is 0.405 e. The van der Waals surface area contributed by atoms with E-state index in [1.807, 2.05) is 12.1 Å². The van der Waals surface area contributed by atoms with Gasteiger partial charge in [-0.1, -0.05) is 38.1 Å². The maximum atomic E-state index is 12.5. The van der Waals surface area contributed by atoms with Crippen molar-refractivity contribution >= 4 is 11.7 Å². The first kappa shape index (κ1) is 19.5. The number of amidine groups is 1. The second kappa shape index (κ2) is 8.03. The molecule has 26 heavy (non-hydrogen) atoms. The number of carbonyl (C=O) groups excluding carboxylic acids is 1. The van der Waals surface area contributed by atoms with Crippen LogP contribution in [-0.4, -0.2) is 18.1 Å². The zero-order valence-electron chi connectivity index (χ0n) is 14.4. The molecule has 0 saturated heterocycles. The van der Waals surface area contributed by atoms with Crippen molar-refractivity contribution in [3.05, 3.63) is 65.2 Å². The Hall–Kier alpha value is -2.83. The lowest BCUT2D eigenvalue weighted by Gasteiger charge is -2.12. The van der Waals surface area contributed by atoms with E-state index in [1.54, 1.807) is 12.1 Å². The fraction of sp³-hybridized carbons (Fsp3) is 0.263. The number of rotatable bonds is 5. The Morgan fingerprint density at radius 3 is 2.31 bits per heavy atom. The normalized spacial score (nSPS) is 12.3. The van der Waals surface area contributed by atoms with E-state index in [2.05, 4.69) is 23.6 Å². The van der Waals surface area contributed by atoms with Crippen molar-refractivity contribution in [2.45, 2.75) is 26.6 Å². The van der Waals surface area contributed by atoms with Gasteiger partial charge in [0.05, 0.1) is 5.56 Å². The van der Waals surface area contributed by atoms with Gasteiger partial charge in [0.15, 0.2) is 0 Å². The summed E-state index contributed by atoms with van der Waals surface area (Å²) in [7, 11) is 0. The quantitative estimate of drug-likeness (QED) is 0.634. The maximum absolute atomic E-state index is 12.5. The third kappa shape index (κ3) is 5.61. The van der Waals surface area contributed by atoms with Crippen LogP contribution in [0.5, 0.6) is 5.75 Å². The number of ether oxygens (including phenoxy) is 1. The molecule has 1 amide bonds. The Bertz CT molecular complexity index is 797. The van der Waals surface area contributed by atoms with E-state index in [1.165, 1.54) is 18.2 Å². The number of para-hydroxylation sites is 1. The fourth-order valence-electron chi connectivity index (χ4n) is 2.38. The van der Waals surface area contributed by atoms with Crippen molar-refractivity contribution in [3.63, 3.8) is 0 Å². The molecule has 0 aliphatic carbocycles. The van der Waals surface area contributed by atoms with Gasteiger partial charge >= 0.3 is 6.36 Å². The molecular formula is C19H19F3N2O2. The summed E-state index contributed by atoms with van der Waals surface area (Å²) in [5.74, 6) is -1.02. The SMILES string of the molecule is CC(C)Cc1ccc(C(=O)N=C(N)c2ccccc2OC(F)(F)F)cc1. The van der Waals surface area contributed by atoms with Gasteiger partial charge in [0.2, 0.25) is 0 Å². The van der Waals surface area contributed by atoms with Crippen LogP contribution in [0.3, 0.4) is 0 Å². The highest BCUT2D eigenvalue weighted by atomic mass is 19.4. The molecule has 0 spiro atoms. The van der Waals surface area contributed by atoms with E-state index in [-0.39, 0.29) is 11.4 Å². The fourth-order valence-corrected chi connectivity index (χ4v) is 2.38. The van der Waals surface area contributed by atoms with Crippen LogP contribution in [0.4, 0.5) is 13.2 Å². The van der Waals surface area contributed by atoms with Crippen molar-refractivity contribution in [3.8, 4) is 5.75 Å². The zero-order valence-corrected chi connectivity index (χ0v) is 14.4. The summed E-state index contributed by atoms with van der Waals surface area (Å²) in [6.07, 6.45) is -3.99. The molecule has 2 N–H and O–H groups in total. The summed E-state index contributed by atoms with van der Waals surface area (Å²) in [4.78, 5) is 15.9. The van der Waals surface area contributed by atoms with Gasteiger partial charge in [0.1, 0.15) is 11.6 Å². The number of amides is 1. The van der Waals surface area contributed by atoms with Crippen molar-refractivity contribution in [2.75, 3.05) is 0 Å². The molecule has 7 heteroatoms. The first-order valence-electron chi connectivity index (χ1n) is 7.98. The van der Waals surface area contributed by atoms with Crippen LogP contribution in [0, 0.1) is 5.92 Å². The molecule has 2 rings (SSSR count). The summed E-state index contributed by atoms with van der Waals surface area (Å²) in [5.41, 5.74) is 7.01. The van der Waals surface area contributed by atoms with E-state index < -0.39 is 18.0 Å². The van der Waals surface area contributed by atoms with Crippen LogP contribution in [0.2, 0.25) is 0 Å². The van der Waals surface area contributed by atoms with Crippen LogP contribution in [-0.2, 0) is 6.42 Å². The Morgan fingerprint density at radius 2 is 1.73 bits per heavy atom. The maximum Gasteiger partial charge on any atom is 0.573 e. The molecule has 2 aromatic carbocycles. The number of aliphatic imine (C=N–C) groups is 1. The average molecular weight is 364 g/mol. The van der Waals surface area contributed by atoms with E-state index >= 15 is 0 Å². The van der Waals surface area contributed by atoms with Crippen LogP contribution >= 0.6 is 0 Å². The molecule has 0 unspecified atom stereocenters. The Labute approximate surface area is 149 Å². The van der Waals surface area contributed by atoms with Crippen molar-refractivity contribution < 1.29 is 22.7 Å². The molecule has 0 aliphatic heterocycles. The van der Waals surface area contributed by atoms with Crippen LogP contribution in [0.1, 0.15) is 35.3 Å². The Balaban J connectivity index is 2.23. The number of hydrogen-bond donors (Lipinski definition) is 1. The lowest BCUT2D eigenvalue weighted by molar-refractivity contribution is -0.274. The topological polar surface area (TPSA) is 64.7 Å². The summed E-state index contributed by atoms with van der Waals surface area (Å²) in [6.45, 7) is 4.18. The number of benzene rings is 2. The first-order chi connectivity index (χ1) is 12.2. The molecule has 138 valence electrons. The van der Waals surface area contributed by atoms with Gasteiger partial charge in [-0.15, -0.1) is 13.2 Å². The highest BCUT2D eigenvalue weighted by Gasteiger charge is 2.32. The summed E-state index contributed by atoms with van der Waals surface area (Å²) >= 11 is 0. The number of halogens is 3. The third-order valence-electron chi connectivity index (χ3n) is 3.46. The van der Waals surface area contributed by atoms with Gasteiger partial charge in [-0.25, -0.2) is 0 Å². The molecule has 0 heterocycles. The summed E-state index contributed by atoms with van der Waals surface area (Å²) in [5, 5.41) is 0. The predicted octanol–water partition coefficient (Wildman–Crippen LogP) is 4.33. The molecular weight excluding hydrogens is 345 g/mol. The summed E-state index contributed by atoms with van der Waals surface area (Å²) in [6, 6.07) is 12.1. The molecule has 0 fully saturated rings. The van der Waals surface area contributed by atoms with Crippen molar-refractivity contribution in [2.24, 2.45) is 16.6 Å². The second-order valence-corrected chi connectivity index (χ2v) is 6.14. The van der Waals surface area contributed by atoms with Crippen LogP contribution in [0.15, 0.2) is 53.5 Å². The Morgan fingerprint density at radius 1 is 1.12 bits per heavy atom. The number of hydrogen-bond acceptors (Lipinski definition) is 2. The van der Waals surface area contributed by atoms with E-state index in [0.29, 0.717) is 11.5 Å². The zero-order chi connectivity index (χ0) is 19.3. The van der Waals surface area contributed by atoms with E-state index in [9.17, 15) is 18.0 Å². The van der Waals surface area contributed by atoms with E-state index in [0.717, 1.165) is 18.1 Å². The molecule has 0 atom stereocenters. The number of nitrogens with two attached hydrogens (primary N) is 1. The van der Waals surface area contributed by atoms with Crippen LogP contribution < -0.4 is 10.5 Å². The van der Waals surface area contributed by atoms with Gasteiger partial charge in [-0.3, -0.25) is 4.79 Å². The predicted molar refractivity (Wildman–Crippen MR) is 93.2 cm³/mol. The largest absolute Gasteiger partial charge is 0.573 e. The molecule has 0 aliphatic rings. The highest BCUT2D eigenvalue weighted by molar-refractivity contribution is 6.09. The molecule has 0 saturated carbocycles. The number of carbonyl (C=O) groups is 1. The lowest BCUT2D eigenvalue weighted by atomic mass is 10.0. The van der Waals surface area contributed by atoms with Gasteiger partial charge in [0.25, 0.3) is 5.91 Å². The number of nitrogens with zero attached hydrogens (tertiary/aromatic N) is 1. The molecule has 0 aromatic heterocycles. The standard InChI is InChI=1S/C19H19F3N2O2/c1-12(2)11-13-7-9-14(10-8-13)18(25)24-17(23)15-5-3-4-6-16(15)26-19(20,21)22/h3-10,12H,11H2,1-2H3,(H2,23,24,25). The molecule has 2 aromatic rings. The minimum Gasteiger partial charge on any atom is -0.405 e. The Kier molecular flexibility index (Phi) is 6.02. The van der Waals surface area contributed by atoms with Gasteiger partial charge < -0.3 is 10.5 Å². The minimum atomic E-state index is -4.87. The lowest BCUT2D eigenvalue weighted by Crippen LogP contribution is -2.22. The van der Waals surface area contributed by atoms with Gasteiger partial charge in [0, 0.05) is 5.56 Å². The van der Waals surface area contributed by atoms with Gasteiger partial charge in [-0.05, 0) is 42.2 Å². The molecule has 0 bridgehead atoms. The monoisotopic (exact) mass is 364 g/mol. The summed E-state index contributed by atoms with van der Waals surface area (Å²) < 4.78 is 41.3. The second-order valence-electron chi connectivity index (χ2n) is 6.14. The third-order valence-corrected chi connectivity index (χ3v) is 3.46. The number of alkyl halides is 3.